The Morgan fingerprint density at radius 2 is 2.22 bits per heavy atom. The van der Waals surface area contributed by atoms with Crippen LogP contribution in [0.4, 0.5) is 0 Å². The van der Waals surface area contributed by atoms with E-state index in [0.29, 0.717) is 0 Å². The lowest BCUT2D eigenvalue weighted by atomic mass is 9.91. The molecule has 2 aliphatic rings. The Balaban J connectivity index is 2.10. The molecule has 0 heteroatoms. The van der Waals surface area contributed by atoms with Gasteiger partial charge < -0.3 is 0 Å². The fourth-order valence-electron chi connectivity index (χ4n) is 2.36. The molecule has 1 saturated carbocycles. The zero-order valence-corrected chi connectivity index (χ0v) is 6.01. The van der Waals surface area contributed by atoms with Gasteiger partial charge in [0.2, 0.25) is 0 Å². The minimum absolute atomic E-state index is 0.972. The largest absolute Gasteiger partial charge is 0.0851 e. The van der Waals surface area contributed by atoms with E-state index in [1.165, 1.54) is 19.3 Å². The summed E-state index contributed by atoms with van der Waals surface area (Å²) in [5.41, 5.74) is 0. The summed E-state index contributed by atoms with van der Waals surface area (Å²) in [6.45, 7) is 2.32. The molecule has 0 aliphatic heterocycles. The van der Waals surface area contributed by atoms with E-state index in [4.69, 9.17) is 0 Å². The van der Waals surface area contributed by atoms with Crippen LogP contribution >= 0.6 is 0 Å². The third-order valence-electron chi connectivity index (χ3n) is 2.94. The normalized spacial score (nSPS) is 46.6. The van der Waals surface area contributed by atoms with E-state index in [1.54, 1.807) is 0 Å². The second kappa shape index (κ2) is 1.86. The van der Waals surface area contributed by atoms with Crippen LogP contribution in [0.1, 0.15) is 26.2 Å². The molecule has 3 atom stereocenters. The van der Waals surface area contributed by atoms with E-state index < -0.39 is 0 Å². The van der Waals surface area contributed by atoms with E-state index >= 15 is 0 Å². The van der Waals surface area contributed by atoms with Gasteiger partial charge in [-0.1, -0.05) is 25.5 Å². The predicted molar refractivity (Wildman–Crippen MR) is 39.1 cm³/mol. The van der Waals surface area contributed by atoms with Crippen molar-refractivity contribution in [3.05, 3.63) is 12.2 Å². The lowest BCUT2D eigenvalue weighted by Crippen LogP contribution is -2.04. The molecule has 0 aromatic rings. The summed E-state index contributed by atoms with van der Waals surface area (Å²) in [7, 11) is 0. The van der Waals surface area contributed by atoms with Gasteiger partial charge in [0.05, 0.1) is 0 Å². The molecular formula is C9H14. The van der Waals surface area contributed by atoms with Gasteiger partial charge in [-0.25, -0.2) is 0 Å². The van der Waals surface area contributed by atoms with Crippen molar-refractivity contribution < 1.29 is 0 Å². The van der Waals surface area contributed by atoms with Crippen molar-refractivity contribution >= 4 is 0 Å². The topological polar surface area (TPSA) is 0 Å². The fraction of sp³-hybridized carbons (Fsp3) is 0.778. The summed E-state index contributed by atoms with van der Waals surface area (Å²) >= 11 is 0. The molecule has 0 N–H and O–H groups in total. The van der Waals surface area contributed by atoms with Gasteiger partial charge in [0, 0.05) is 0 Å². The van der Waals surface area contributed by atoms with E-state index in [9.17, 15) is 0 Å². The van der Waals surface area contributed by atoms with Crippen molar-refractivity contribution in [2.75, 3.05) is 0 Å². The SMILES string of the molecule is CC[C@H]1C[C@H]2C=C[C@@H]1C2. The Bertz CT molecular complexity index is 135. The number of rotatable bonds is 1. The Morgan fingerprint density at radius 3 is 2.56 bits per heavy atom. The standard InChI is InChI=1S/C9H14/c1-2-8-5-7-3-4-9(8)6-7/h3-4,7-9H,2,5-6H2,1H3/t7-,8+,9-/m1/s1. The van der Waals surface area contributed by atoms with Crippen LogP contribution in [0.5, 0.6) is 0 Å². The van der Waals surface area contributed by atoms with Gasteiger partial charge in [0.1, 0.15) is 0 Å². The molecular weight excluding hydrogens is 108 g/mol. The van der Waals surface area contributed by atoms with Crippen LogP contribution < -0.4 is 0 Å². The van der Waals surface area contributed by atoms with Crippen LogP contribution in [0.3, 0.4) is 0 Å². The Morgan fingerprint density at radius 1 is 1.33 bits per heavy atom. The molecule has 0 spiro atoms. The first-order valence-electron chi connectivity index (χ1n) is 4.08. The number of allylic oxidation sites excluding steroid dienone is 2. The van der Waals surface area contributed by atoms with Gasteiger partial charge in [-0.3, -0.25) is 0 Å². The molecule has 0 aromatic heterocycles. The quantitative estimate of drug-likeness (QED) is 0.469. The van der Waals surface area contributed by atoms with Crippen molar-refractivity contribution in [3.63, 3.8) is 0 Å². The summed E-state index contributed by atoms with van der Waals surface area (Å²) in [6.07, 6.45) is 9.20. The van der Waals surface area contributed by atoms with E-state index in [1.807, 2.05) is 0 Å². The van der Waals surface area contributed by atoms with Crippen LogP contribution in [-0.4, -0.2) is 0 Å². The van der Waals surface area contributed by atoms with Crippen LogP contribution in [0, 0.1) is 17.8 Å². The molecule has 0 aromatic carbocycles. The lowest BCUT2D eigenvalue weighted by Gasteiger charge is -2.14. The lowest BCUT2D eigenvalue weighted by molar-refractivity contribution is 0.434. The summed E-state index contributed by atoms with van der Waals surface area (Å²) < 4.78 is 0. The maximum atomic E-state index is 2.43. The fourth-order valence-corrected chi connectivity index (χ4v) is 2.36. The van der Waals surface area contributed by atoms with E-state index in [0.717, 1.165) is 17.8 Å². The number of hydrogen-bond acceptors (Lipinski definition) is 0. The highest BCUT2D eigenvalue weighted by molar-refractivity contribution is 5.09. The van der Waals surface area contributed by atoms with E-state index in [-0.39, 0.29) is 0 Å². The first kappa shape index (κ1) is 5.52. The zero-order chi connectivity index (χ0) is 6.27. The maximum Gasteiger partial charge on any atom is -0.0199 e. The third-order valence-corrected chi connectivity index (χ3v) is 2.94. The molecule has 0 heterocycles. The van der Waals surface area contributed by atoms with Crippen molar-refractivity contribution in [1.29, 1.82) is 0 Å². The minimum atomic E-state index is 0.972. The molecule has 0 amide bonds. The molecule has 1 fully saturated rings. The number of fused-ring (bicyclic) bond motifs is 2. The predicted octanol–water partition coefficient (Wildman–Crippen LogP) is 2.61. The minimum Gasteiger partial charge on any atom is -0.0851 e. The second-order valence-corrected chi connectivity index (χ2v) is 3.45. The first-order chi connectivity index (χ1) is 4.40. The van der Waals surface area contributed by atoms with Gasteiger partial charge in [-0.15, -0.1) is 0 Å². The molecule has 9 heavy (non-hydrogen) atoms. The van der Waals surface area contributed by atoms with Gasteiger partial charge in [-0.05, 0) is 30.6 Å². The van der Waals surface area contributed by atoms with E-state index in [2.05, 4.69) is 19.1 Å². The first-order valence-corrected chi connectivity index (χ1v) is 4.08. The van der Waals surface area contributed by atoms with Crippen LogP contribution in [0.15, 0.2) is 12.2 Å². The van der Waals surface area contributed by atoms with Gasteiger partial charge >= 0.3 is 0 Å². The zero-order valence-electron chi connectivity index (χ0n) is 6.01. The average Bonchev–Trinajstić information content (AvgIpc) is 2.45. The highest BCUT2D eigenvalue weighted by Gasteiger charge is 2.33. The van der Waals surface area contributed by atoms with Crippen LogP contribution in [0.25, 0.3) is 0 Å². The molecule has 0 radical (unpaired) electrons. The number of hydrogen-bond donors (Lipinski definition) is 0. The summed E-state index contributed by atoms with van der Waals surface area (Å²) in [5, 5.41) is 0. The summed E-state index contributed by atoms with van der Waals surface area (Å²) in [4.78, 5) is 0. The molecule has 2 bridgehead atoms. The van der Waals surface area contributed by atoms with Crippen molar-refractivity contribution in [3.8, 4) is 0 Å². The van der Waals surface area contributed by atoms with Crippen molar-refractivity contribution in [1.82, 2.24) is 0 Å². The molecule has 50 valence electrons. The Hall–Kier alpha value is -0.260. The highest BCUT2D eigenvalue weighted by atomic mass is 14.4. The second-order valence-electron chi connectivity index (χ2n) is 3.45. The van der Waals surface area contributed by atoms with Gasteiger partial charge in [0.15, 0.2) is 0 Å². The smallest absolute Gasteiger partial charge is 0.0199 e. The van der Waals surface area contributed by atoms with Crippen LogP contribution in [-0.2, 0) is 0 Å². The molecule has 0 unspecified atom stereocenters. The van der Waals surface area contributed by atoms with Crippen molar-refractivity contribution in [2.24, 2.45) is 17.8 Å². The summed E-state index contributed by atoms with van der Waals surface area (Å²) in [6, 6.07) is 0. The molecule has 2 rings (SSSR count). The Labute approximate surface area is 57.0 Å². The summed E-state index contributed by atoms with van der Waals surface area (Å²) in [5.74, 6) is 2.99. The van der Waals surface area contributed by atoms with Gasteiger partial charge in [0.25, 0.3) is 0 Å². The Kier molecular flexibility index (Phi) is 1.14. The average molecular weight is 122 g/mol. The van der Waals surface area contributed by atoms with Crippen LogP contribution in [0.2, 0.25) is 0 Å². The molecule has 0 saturated heterocycles. The van der Waals surface area contributed by atoms with Gasteiger partial charge in [-0.2, -0.15) is 0 Å². The maximum absolute atomic E-state index is 2.43. The third kappa shape index (κ3) is 0.726. The highest BCUT2D eigenvalue weighted by Crippen LogP contribution is 2.44. The molecule has 0 nitrogen and oxygen atoms in total. The van der Waals surface area contributed by atoms with Crippen molar-refractivity contribution in [2.45, 2.75) is 26.2 Å². The molecule has 2 aliphatic carbocycles. The monoisotopic (exact) mass is 122 g/mol.